The van der Waals surface area contributed by atoms with E-state index in [2.05, 4.69) is 9.72 Å². The van der Waals surface area contributed by atoms with Gasteiger partial charge in [0, 0.05) is 22.7 Å². The van der Waals surface area contributed by atoms with Crippen molar-refractivity contribution in [1.82, 2.24) is 4.98 Å². The summed E-state index contributed by atoms with van der Waals surface area (Å²) in [5, 5.41) is 20.6. The number of ether oxygens (including phenoxy) is 1. The minimum Gasteiger partial charge on any atom is -0.467 e. The predicted octanol–water partition coefficient (Wildman–Crippen LogP) is 1.39. The van der Waals surface area contributed by atoms with E-state index in [4.69, 9.17) is 11.6 Å². The standard InChI is InChI=1S/C12H12ClNO4/c1-18-12(17)11(16)10(15)6-5-14-8-4-2-3-7(13)9(6)8/h2-5,10-11,14-16H,1H3. The van der Waals surface area contributed by atoms with Crippen molar-refractivity contribution in [2.24, 2.45) is 0 Å². The largest absolute Gasteiger partial charge is 0.467 e. The van der Waals surface area contributed by atoms with E-state index in [1.54, 1.807) is 18.2 Å². The van der Waals surface area contributed by atoms with E-state index in [1.807, 2.05) is 0 Å². The fraction of sp³-hybridized carbons (Fsp3) is 0.250. The highest BCUT2D eigenvalue weighted by Gasteiger charge is 2.28. The fourth-order valence-corrected chi connectivity index (χ4v) is 2.10. The number of carbonyl (C=O) groups is 1. The van der Waals surface area contributed by atoms with Gasteiger partial charge < -0.3 is 19.9 Å². The number of carbonyl (C=O) groups excluding carboxylic acids is 1. The van der Waals surface area contributed by atoms with Gasteiger partial charge in [0.2, 0.25) is 0 Å². The Morgan fingerprint density at radius 2 is 2.17 bits per heavy atom. The topological polar surface area (TPSA) is 82.6 Å². The second kappa shape index (κ2) is 4.97. The summed E-state index contributed by atoms with van der Waals surface area (Å²) in [6, 6.07) is 5.20. The third kappa shape index (κ3) is 2.08. The van der Waals surface area contributed by atoms with E-state index in [-0.39, 0.29) is 0 Å². The van der Waals surface area contributed by atoms with Gasteiger partial charge in [-0.2, -0.15) is 0 Å². The average molecular weight is 270 g/mol. The van der Waals surface area contributed by atoms with Crippen LogP contribution in [0.15, 0.2) is 24.4 Å². The number of methoxy groups -OCH3 is 1. The van der Waals surface area contributed by atoms with Crippen LogP contribution in [0.1, 0.15) is 11.7 Å². The van der Waals surface area contributed by atoms with Crippen LogP contribution in [0, 0.1) is 0 Å². The van der Waals surface area contributed by atoms with Gasteiger partial charge in [-0.15, -0.1) is 0 Å². The monoisotopic (exact) mass is 269 g/mol. The molecule has 5 nitrogen and oxygen atoms in total. The highest BCUT2D eigenvalue weighted by molar-refractivity contribution is 6.35. The lowest BCUT2D eigenvalue weighted by Crippen LogP contribution is -2.28. The lowest BCUT2D eigenvalue weighted by molar-refractivity contribution is -0.156. The first-order valence-corrected chi connectivity index (χ1v) is 5.63. The number of aromatic nitrogens is 1. The molecule has 0 amide bonds. The second-order valence-electron chi connectivity index (χ2n) is 3.82. The summed E-state index contributed by atoms with van der Waals surface area (Å²) in [6.45, 7) is 0. The molecule has 1 aromatic carbocycles. The highest BCUT2D eigenvalue weighted by Crippen LogP contribution is 2.31. The molecule has 0 spiro atoms. The molecule has 0 aliphatic rings. The van der Waals surface area contributed by atoms with Gasteiger partial charge in [-0.05, 0) is 12.1 Å². The number of esters is 1. The molecule has 3 N–H and O–H groups in total. The molecule has 96 valence electrons. The summed E-state index contributed by atoms with van der Waals surface area (Å²) in [6.07, 6.45) is -1.54. The van der Waals surface area contributed by atoms with E-state index < -0.39 is 18.2 Å². The van der Waals surface area contributed by atoms with E-state index >= 15 is 0 Å². The molecular weight excluding hydrogens is 258 g/mol. The number of fused-ring (bicyclic) bond motifs is 1. The van der Waals surface area contributed by atoms with Gasteiger partial charge in [-0.25, -0.2) is 4.79 Å². The molecule has 1 heterocycles. The minimum atomic E-state index is -1.65. The van der Waals surface area contributed by atoms with Crippen LogP contribution in [0.3, 0.4) is 0 Å². The smallest absolute Gasteiger partial charge is 0.337 e. The molecule has 2 aromatic rings. The molecule has 0 saturated heterocycles. The zero-order valence-electron chi connectivity index (χ0n) is 9.55. The van der Waals surface area contributed by atoms with Crippen LogP contribution in [0.5, 0.6) is 0 Å². The SMILES string of the molecule is COC(=O)C(O)C(O)c1c[nH]c2cccc(Cl)c12. The molecule has 0 aliphatic heterocycles. The van der Waals surface area contributed by atoms with Gasteiger partial charge in [-0.1, -0.05) is 17.7 Å². The van der Waals surface area contributed by atoms with Crippen LogP contribution in [0.4, 0.5) is 0 Å². The lowest BCUT2D eigenvalue weighted by Gasteiger charge is -2.15. The average Bonchev–Trinajstić information content (AvgIpc) is 2.81. The normalized spacial score (nSPS) is 14.4. The van der Waals surface area contributed by atoms with Crippen LogP contribution < -0.4 is 0 Å². The van der Waals surface area contributed by atoms with Gasteiger partial charge in [0.15, 0.2) is 6.10 Å². The van der Waals surface area contributed by atoms with Crippen LogP contribution in [0.25, 0.3) is 10.9 Å². The number of aromatic amines is 1. The Labute approximate surface area is 108 Å². The highest BCUT2D eigenvalue weighted by atomic mass is 35.5. The molecular formula is C12H12ClNO4. The van der Waals surface area contributed by atoms with Crippen molar-refractivity contribution in [2.75, 3.05) is 7.11 Å². The fourth-order valence-electron chi connectivity index (χ4n) is 1.82. The number of nitrogens with one attached hydrogen (secondary N) is 1. The number of hydrogen-bond donors (Lipinski definition) is 3. The van der Waals surface area contributed by atoms with E-state index in [1.165, 1.54) is 6.20 Å². The van der Waals surface area contributed by atoms with Gasteiger partial charge in [-0.3, -0.25) is 0 Å². The minimum absolute atomic E-state index is 0.355. The van der Waals surface area contributed by atoms with E-state index in [0.717, 1.165) is 7.11 Å². The van der Waals surface area contributed by atoms with Gasteiger partial charge in [0.1, 0.15) is 6.10 Å². The number of halogens is 1. The zero-order valence-corrected chi connectivity index (χ0v) is 10.3. The van der Waals surface area contributed by atoms with E-state index in [0.29, 0.717) is 21.5 Å². The molecule has 2 unspecified atom stereocenters. The molecule has 0 radical (unpaired) electrons. The number of aliphatic hydroxyl groups excluding tert-OH is 2. The number of benzene rings is 1. The maximum atomic E-state index is 11.2. The Balaban J connectivity index is 2.45. The Kier molecular flexibility index (Phi) is 3.56. The number of H-pyrrole nitrogens is 1. The number of hydrogen-bond acceptors (Lipinski definition) is 4. The van der Waals surface area contributed by atoms with Crippen molar-refractivity contribution in [3.63, 3.8) is 0 Å². The van der Waals surface area contributed by atoms with Crippen LogP contribution in [0.2, 0.25) is 5.02 Å². The maximum Gasteiger partial charge on any atom is 0.337 e. The first kappa shape index (κ1) is 12.9. The molecule has 6 heteroatoms. The molecule has 1 aromatic heterocycles. The summed E-state index contributed by atoms with van der Waals surface area (Å²) >= 11 is 6.04. The van der Waals surface area contributed by atoms with Crippen molar-refractivity contribution in [3.05, 3.63) is 35.0 Å². The van der Waals surface area contributed by atoms with Crippen molar-refractivity contribution < 1.29 is 19.7 Å². The summed E-state index contributed by atoms with van der Waals surface area (Å²) < 4.78 is 4.38. The molecule has 18 heavy (non-hydrogen) atoms. The molecule has 0 aliphatic carbocycles. The quantitative estimate of drug-likeness (QED) is 0.736. The lowest BCUT2D eigenvalue weighted by atomic mass is 10.0. The Hall–Kier alpha value is -1.56. The van der Waals surface area contributed by atoms with E-state index in [9.17, 15) is 15.0 Å². The van der Waals surface area contributed by atoms with Crippen molar-refractivity contribution in [1.29, 1.82) is 0 Å². The third-order valence-electron chi connectivity index (χ3n) is 2.75. The van der Waals surface area contributed by atoms with Crippen LogP contribution in [-0.2, 0) is 9.53 Å². The summed E-state index contributed by atoms with van der Waals surface area (Å²) in [5.74, 6) is -0.899. The molecule has 0 bridgehead atoms. The number of aliphatic hydroxyl groups is 2. The maximum absolute atomic E-state index is 11.2. The van der Waals surface area contributed by atoms with Crippen LogP contribution in [-0.4, -0.2) is 34.4 Å². The molecule has 0 saturated carbocycles. The molecule has 0 fully saturated rings. The Bertz CT molecular complexity index is 580. The van der Waals surface area contributed by atoms with Gasteiger partial charge >= 0.3 is 5.97 Å². The molecule has 2 atom stereocenters. The first-order chi connectivity index (χ1) is 8.56. The van der Waals surface area contributed by atoms with Gasteiger partial charge in [0.25, 0.3) is 0 Å². The molecule has 2 rings (SSSR count). The summed E-state index contributed by atoms with van der Waals surface area (Å²) in [5.41, 5.74) is 1.07. The third-order valence-corrected chi connectivity index (χ3v) is 3.06. The first-order valence-electron chi connectivity index (χ1n) is 5.25. The number of rotatable bonds is 3. The Morgan fingerprint density at radius 1 is 1.44 bits per heavy atom. The van der Waals surface area contributed by atoms with Gasteiger partial charge in [0.05, 0.1) is 12.1 Å². The zero-order chi connectivity index (χ0) is 13.3. The van der Waals surface area contributed by atoms with Crippen molar-refractivity contribution in [3.8, 4) is 0 Å². The Morgan fingerprint density at radius 3 is 2.83 bits per heavy atom. The van der Waals surface area contributed by atoms with Crippen molar-refractivity contribution in [2.45, 2.75) is 12.2 Å². The summed E-state index contributed by atoms with van der Waals surface area (Å²) in [4.78, 5) is 14.1. The summed E-state index contributed by atoms with van der Waals surface area (Å²) in [7, 11) is 1.14. The van der Waals surface area contributed by atoms with Crippen LogP contribution >= 0.6 is 11.6 Å². The van der Waals surface area contributed by atoms with Crippen molar-refractivity contribution >= 4 is 28.5 Å². The predicted molar refractivity (Wildman–Crippen MR) is 66.3 cm³/mol. The second-order valence-corrected chi connectivity index (χ2v) is 4.23.